The number of nitrogens with zero attached hydrogens (tertiary/aromatic N) is 1. The highest BCUT2D eigenvalue weighted by Crippen LogP contribution is 2.14. The molecule has 0 heterocycles. The summed E-state index contributed by atoms with van der Waals surface area (Å²) >= 11 is 5.84. The third kappa shape index (κ3) is 8.50. The van der Waals surface area contributed by atoms with Crippen LogP contribution in [0.4, 0.5) is 10.5 Å². The van der Waals surface area contributed by atoms with Crippen LogP contribution in [0.5, 0.6) is 0 Å². The van der Waals surface area contributed by atoms with Crippen LogP contribution >= 0.6 is 11.6 Å². The Morgan fingerprint density at radius 2 is 1.88 bits per heavy atom. The van der Waals surface area contributed by atoms with Gasteiger partial charge < -0.3 is 10.6 Å². The lowest BCUT2D eigenvalue weighted by Gasteiger charge is -2.16. The molecule has 132 valence electrons. The van der Waals surface area contributed by atoms with E-state index in [9.17, 15) is 14.4 Å². The highest BCUT2D eigenvalue weighted by atomic mass is 35.5. The maximum absolute atomic E-state index is 11.9. The van der Waals surface area contributed by atoms with Crippen LogP contribution in [0.25, 0.3) is 0 Å². The molecule has 0 atom stereocenters. The second-order valence-electron chi connectivity index (χ2n) is 5.39. The van der Waals surface area contributed by atoms with Gasteiger partial charge in [0.2, 0.25) is 11.8 Å². The van der Waals surface area contributed by atoms with Gasteiger partial charge in [-0.1, -0.05) is 31.0 Å². The van der Waals surface area contributed by atoms with E-state index in [1.165, 1.54) is 4.90 Å². The van der Waals surface area contributed by atoms with E-state index in [2.05, 4.69) is 16.0 Å². The second kappa shape index (κ2) is 10.6. The average molecular weight is 355 g/mol. The van der Waals surface area contributed by atoms with Crippen molar-refractivity contribution in [3.05, 3.63) is 29.3 Å². The summed E-state index contributed by atoms with van der Waals surface area (Å²) < 4.78 is 0. The van der Waals surface area contributed by atoms with Crippen molar-refractivity contribution in [2.75, 3.05) is 32.0 Å². The predicted octanol–water partition coefficient (Wildman–Crippen LogP) is 1.84. The quantitative estimate of drug-likeness (QED) is 0.621. The van der Waals surface area contributed by atoms with E-state index in [0.29, 0.717) is 17.3 Å². The number of unbranched alkanes of at least 4 members (excludes halogenated alkanes) is 1. The number of hydrogen-bond acceptors (Lipinski definition) is 4. The number of halogens is 1. The highest BCUT2D eigenvalue weighted by Gasteiger charge is 2.13. The number of carbonyl (C=O) groups is 3. The van der Waals surface area contributed by atoms with E-state index in [0.717, 1.165) is 12.8 Å². The average Bonchev–Trinajstić information content (AvgIpc) is 2.46. The Kier molecular flexibility index (Phi) is 8.81. The smallest absolute Gasteiger partial charge is 0.321 e. The summed E-state index contributed by atoms with van der Waals surface area (Å²) in [5.41, 5.74) is 0.584. The van der Waals surface area contributed by atoms with Crippen molar-refractivity contribution in [3.63, 3.8) is 0 Å². The van der Waals surface area contributed by atoms with E-state index in [1.54, 1.807) is 31.3 Å². The van der Waals surface area contributed by atoms with Gasteiger partial charge in [0.05, 0.1) is 13.1 Å². The van der Waals surface area contributed by atoms with Gasteiger partial charge in [-0.2, -0.15) is 0 Å². The molecule has 0 saturated heterocycles. The third-order valence-electron chi connectivity index (χ3n) is 3.00. The number of carbonyl (C=O) groups excluding carboxylic acids is 3. The van der Waals surface area contributed by atoms with Crippen LogP contribution in [0.3, 0.4) is 0 Å². The summed E-state index contributed by atoms with van der Waals surface area (Å²) in [7, 11) is 1.62. The monoisotopic (exact) mass is 354 g/mol. The number of amides is 4. The number of imide groups is 1. The van der Waals surface area contributed by atoms with Gasteiger partial charge >= 0.3 is 6.03 Å². The van der Waals surface area contributed by atoms with Crippen molar-refractivity contribution >= 4 is 35.1 Å². The summed E-state index contributed by atoms with van der Waals surface area (Å²) in [4.78, 5) is 36.6. The minimum Gasteiger partial charge on any atom is -0.338 e. The van der Waals surface area contributed by atoms with Gasteiger partial charge in [-0.3, -0.25) is 19.8 Å². The molecule has 0 saturated carbocycles. The third-order valence-corrected chi connectivity index (χ3v) is 3.24. The molecule has 7 nitrogen and oxygen atoms in total. The minimum absolute atomic E-state index is 0.0113. The van der Waals surface area contributed by atoms with Crippen LogP contribution in [0.1, 0.15) is 19.8 Å². The minimum atomic E-state index is -0.523. The van der Waals surface area contributed by atoms with Gasteiger partial charge in [0.15, 0.2) is 0 Å². The van der Waals surface area contributed by atoms with Crippen LogP contribution in [0.2, 0.25) is 5.02 Å². The number of rotatable bonds is 8. The lowest BCUT2D eigenvalue weighted by molar-refractivity contribution is -0.122. The molecule has 0 bridgehead atoms. The van der Waals surface area contributed by atoms with Crippen molar-refractivity contribution in [3.8, 4) is 0 Å². The van der Waals surface area contributed by atoms with Gasteiger partial charge in [-0.25, -0.2) is 4.79 Å². The molecule has 1 aromatic rings. The van der Waals surface area contributed by atoms with E-state index in [-0.39, 0.29) is 19.0 Å². The summed E-state index contributed by atoms with van der Waals surface area (Å²) in [5, 5.41) is 8.01. The van der Waals surface area contributed by atoms with E-state index >= 15 is 0 Å². The maximum atomic E-state index is 11.9. The molecular formula is C16H23ClN4O3. The van der Waals surface area contributed by atoms with Crippen LogP contribution in [-0.4, -0.2) is 49.4 Å². The number of anilines is 1. The Labute approximate surface area is 146 Å². The van der Waals surface area contributed by atoms with Crippen molar-refractivity contribution in [1.82, 2.24) is 15.5 Å². The van der Waals surface area contributed by atoms with Gasteiger partial charge in [0.1, 0.15) is 0 Å². The SMILES string of the molecule is CCCCNC(=O)NC(=O)CN(C)CC(=O)Nc1cccc(Cl)c1. The fourth-order valence-electron chi connectivity index (χ4n) is 1.90. The Morgan fingerprint density at radius 3 is 2.54 bits per heavy atom. The topological polar surface area (TPSA) is 90.5 Å². The Balaban J connectivity index is 2.31. The molecule has 1 aromatic carbocycles. The Hall–Kier alpha value is -2.12. The largest absolute Gasteiger partial charge is 0.338 e. The molecule has 0 aliphatic heterocycles. The van der Waals surface area contributed by atoms with Gasteiger partial charge in [0.25, 0.3) is 0 Å². The normalized spacial score (nSPS) is 10.3. The number of hydrogen-bond donors (Lipinski definition) is 3. The molecule has 4 amide bonds. The first-order valence-electron chi connectivity index (χ1n) is 7.72. The molecule has 1 rings (SSSR count). The molecule has 0 unspecified atom stereocenters. The molecule has 24 heavy (non-hydrogen) atoms. The lowest BCUT2D eigenvalue weighted by Crippen LogP contribution is -2.45. The zero-order chi connectivity index (χ0) is 17.9. The van der Waals surface area contributed by atoms with Crippen LogP contribution in [0, 0.1) is 0 Å². The first kappa shape index (κ1) is 19.9. The number of likely N-dealkylation sites (N-methyl/N-ethyl adjacent to an activating group) is 1. The summed E-state index contributed by atoms with van der Waals surface area (Å²) in [6.45, 7) is 2.48. The molecule has 8 heteroatoms. The summed E-state index contributed by atoms with van der Waals surface area (Å²) in [6.07, 6.45) is 1.81. The maximum Gasteiger partial charge on any atom is 0.321 e. The molecule has 0 radical (unpaired) electrons. The summed E-state index contributed by atoms with van der Waals surface area (Å²) in [5.74, 6) is -0.748. The first-order chi connectivity index (χ1) is 11.4. The number of benzene rings is 1. The van der Waals surface area contributed by atoms with Gasteiger partial charge in [-0.15, -0.1) is 0 Å². The zero-order valence-corrected chi connectivity index (χ0v) is 14.7. The van der Waals surface area contributed by atoms with E-state index in [4.69, 9.17) is 11.6 Å². The second-order valence-corrected chi connectivity index (χ2v) is 5.82. The van der Waals surface area contributed by atoms with Crippen molar-refractivity contribution < 1.29 is 14.4 Å². The predicted molar refractivity (Wildman–Crippen MR) is 94.0 cm³/mol. The van der Waals surface area contributed by atoms with Crippen molar-refractivity contribution in [2.24, 2.45) is 0 Å². The fourth-order valence-corrected chi connectivity index (χ4v) is 2.09. The Morgan fingerprint density at radius 1 is 1.17 bits per heavy atom. The van der Waals surface area contributed by atoms with Crippen molar-refractivity contribution in [2.45, 2.75) is 19.8 Å². The molecule has 0 aliphatic rings. The summed E-state index contributed by atoms with van der Waals surface area (Å²) in [6, 6.07) is 6.26. The molecule has 0 fully saturated rings. The van der Waals surface area contributed by atoms with Crippen LogP contribution in [-0.2, 0) is 9.59 Å². The first-order valence-corrected chi connectivity index (χ1v) is 8.10. The van der Waals surface area contributed by atoms with Crippen LogP contribution < -0.4 is 16.0 Å². The zero-order valence-electron chi connectivity index (χ0n) is 13.9. The molecule has 3 N–H and O–H groups in total. The number of urea groups is 1. The Bertz CT molecular complexity index is 580. The van der Waals surface area contributed by atoms with E-state index in [1.807, 2.05) is 6.92 Å². The van der Waals surface area contributed by atoms with E-state index < -0.39 is 11.9 Å². The van der Waals surface area contributed by atoms with Crippen LogP contribution in [0.15, 0.2) is 24.3 Å². The highest BCUT2D eigenvalue weighted by molar-refractivity contribution is 6.30. The van der Waals surface area contributed by atoms with Gasteiger partial charge in [0, 0.05) is 17.3 Å². The molecule has 0 aliphatic carbocycles. The molecule has 0 aromatic heterocycles. The standard InChI is InChI=1S/C16H23ClN4O3/c1-3-4-8-18-16(24)20-15(23)11-21(2)10-14(22)19-13-7-5-6-12(17)9-13/h5-7,9H,3-4,8,10-11H2,1-2H3,(H,19,22)(H2,18,20,23,24). The fraction of sp³-hybridized carbons (Fsp3) is 0.438. The number of nitrogens with one attached hydrogen (secondary N) is 3. The molecular weight excluding hydrogens is 332 g/mol. The van der Waals surface area contributed by atoms with Gasteiger partial charge in [-0.05, 0) is 31.7 Å². The molecule has 0 spiro atoms. The van der Waals surface area contributed by atoms with Crippen molar-refractivity contribution in [1.29, 1.82) is 0 Å². The lowest BCUT2D eigenvalue weighted by atomic mass is 10.3.